The van der Waals surface area contributed by atoms with Crippen LogP contribution in [0.5, 0.6) is 0 Å². The zero-order valence-corrected chi connectivity index (χ0v) is 8.41. The Bertz CT molecular complexity index is 255. The van der Waals surface area contributed by atoms with Gasteiger partial charge in [-0.25, -0.2) is 4.98 Å². The summed E-state index contributed by atoms with van der Waals surface area (Å²) in [4.78, 5) is 4.06. The minimum atomic E-state index is -0.113. The van der Waals surface area contributed by atoms with Crippen LogP contribution in [0, 0.1) is 0 Å². The first-order chi connectivity index (χ1) is 5.75. The van der Waals surface area contributed by atoms with Gasteiger partial charge >= 0.3 is 0 Å². The second kappa shape index (κ2) is 4.54. The zero-order chi connectivity index (χ0) is 8.97. The monoisotopic (exact) mass is 230 g/mol. The lowest BCUT2D eigenvalue weighted by atomic mass is 10.1. The lowest BCUT2D eigenvalue weighted by molar-refractivity contribution is 0.180. The molecule has 0 amide bonds. The van der Waals surface area contributed by atoms with Crippen molar-refractivity contribution in [1.29, 1.82) is 0 Å². The Labute approximate surface area is 80.1 Å². The quantitative estimate of drug-likeness (QED) is 0.801. The van der Waals surface area contributed by atoms with Crippen molar-refractivity contribution in [3.05, 3.63) is 28.5 Å². The van der Waals surface area contributed by atoms with Gasteiger partial charge in [0.25, 0.3) is 0 Å². The Balaban J connectivity index is 2.79. The third kappa shape index (κ3) is 2.27. The van der Waals surface area contributed by atoms with Crippen LogP contribution in [0.25, 0.3) is 0 Å². The van der Waals surface area contributed by atoms with Gasteiger partial charge in [0.15, 0.2) is 0 Å². The minimum Gasteiger partial charge on any atom is -0.383 e. The maximum Gasteiger partial charge on any atom is 0.110 e. The molecule has 12 heavy (non-hydrogen) atoms. The highest BCUT2D eigenvalue weighted by molar-refractivity contribution is 9.10. The molecular formula is C8H11BrN2O. The summed E-state index contributed by atoms with van der Waals surface area (Å²) in [5.74, 6) is 0. The second-order valence-electron chi connectivity index (χ2n) is 2.45. The van der Waals surface area contributed by atoms with Crippen LogP contribution in [0.4, 0.5) is 0 Å². The Kier molecular flexibility index (Phi) is 3.65. The summed E-state index contributed by atoms with van der Waals surface area (Å²) in [6.45, 7) is 0.504. The maximum absolute atomic E-state index is 5.81. The van der Waals surface area contributed by atoms with Crippen molar-refractivity contribution in [3.63, 3.8) is 0 Å². The summed E-state index contributed by atoms with van der Waals surface area (Å²) < 4.78 is 5.73. The zero-order valence-electron chi connectivity index (χ0n) is 6.83. The molecule has 0 bridgehead atoms. The van der Waals surface area contributed by atoms with Crippen molar-refractivity contribution in [2.75, 3.05) is 13.7 Å². The average Bonchev–Trinajstić information content (AvgIpc) is 2.05. The standard InChI is InChI=1S/C8H11BrN2O/c1-12-5-7(10)6-3-2-4-11-8(6)9/h2-4,7H,5,10H2,1H3. The molecule has 0 radical (unpaired) electrons. The van der Waals surface area contributed by atoms with Crippen molar-refractivity contribution in [2.24, 2.45) is 5.73 Å². The highest BCUT2D eigenvalue weighted by Crippen LogP contribution is 2.18. The van der Waals surface area contributed by atoms with E-state index in [-0.39, 0.29) is 6.04 Å². The number of nitrogens with two attached hydrogens (primary N) is 1. The van der Waals surface area contributed by atoms with Gasteiger partial charge in [0, 0.05) is 18.9 Å². The van der Waals surface area contributed by atoms with E-state index in [2.05, 4.69) is 20.9 Å². The van der Waals surface area contributed by atoms with Crippen LogP contribution in [0.3, 0.4) is 0 Å². The summed E-state index contributed by atoms with van der Waals surface area (Å²) in [5.41, 5.74) is 6.78. The van der Waals surface area contributed by atoms with Crippen LogP contribution in [-0.4, -0.2) is 18.7 Å². The fraction of sp³-hybridized carbons (Fsp3) is 0.375. The highest BCUT2D eigenvalue weighted by atomic mass is 79.9. The first-order valence-corrected chi connectivity index (χ1v) is 4.40. The van der Waals surface area contributed by atoms with Crippen LogP contribution >= 0.6 is 15.9 Å². The molecule has 0 saturated carbocycles. The molecule has 1 rings (SSSR count). The number of aromatic nitrogens is 1. The highest BCUT2D eigenvalue weighted by Gasteiger charge is 2.08. The van der Waals surface area contributed by atoms with Crippen molar-refractivity contribution in [2.45, 2.75) is 6.04 Å². The molecule has 66 valence electrons. The largest absolute Gasteiger partial charge is 0.383 e. The topological polar surface area (TPSA) is 48.1 Å². The molecule has 0 aliphatic carbocycles. The number of nitrogens with zero attached hydrogens (tertiary/aromatic N) is 1. The van der Waals surface area contributed by atoms with Gasteiger partial charge in [-0.3, -0.25) is 0 Å². The third-order valence-electron chi connectivity index (χ3n) is 1.53. The van der Waals surface area contributed by atoms with Gasteiger partial charge in [-0.05, 0) is 22.0 Å². The predicted molar refractivity (Wildman–Crippen MR) is 50.7 cm³/mol. The number of halogens is 1. The number of ether oxygens (including phenoxy) is 1. The summed E-state index contributed by atoms with van der Waals surface area (Å²) in [5, 5.41) is 0. The van der Waals surface area contributed by atoms with Crippen LogP contribution in [-0.2, 0) is 4.74 Å². The van der Waals surface area contributed by atoms with E-state index in [0.717, 1.165) is 10.2 Å². The van der Waals surface area contributed by atoms with E-state index in [9.17, 15) is 0 Å². The molecule has 0 fully saturated rings. The number of rotatable bonds is 3. The van der Waals surface area contributed by atoms with E-state index < -0.39 is 0 Å². The van der Waals surface area contributed by atoms with Crippen molar-refractivity contribution < 1.29 is 4.74 Å². The van der Waals surface area contributed by atoms with E-state index >= 15 is 0 Å². The lowest BCUT2D eigenvalue weighted by Gasteiger charge is -2.11. The van der Waals surface area contributed by atoms with Gasteiger partial charge in [-0.2, -0.15) is 0 Å². The fourth-order valence-corrected chi connectivity index (χ4v) is 1.49. The summed E-state index contributed by atoms with van der Waals surface area (Å²) in [7, 11) is 1.63. The number of methoxy groups -OCH3 is 1. The molecule has 0 aromatic carbocycles. The van der Waals surface area contributed by atoms with Gasteiger partial charge in [0.2, 0.25) is 0 Å². The maximum atomic E-state index is 5.81. The molecule has 0 spiro atoms. The average molecular weight is 231 g/mol. The SMILES string of the molecule is COCC(N)c1cccnc1Br. The first-order valence-electron chi connectivity index (χ1n) is 3.60. The third-order valence-corrected chi connectivity index (χ3v) is 2.20. The van der Waals surface area contributed by atoms with Crippen molar-refractivity contribution in [3.8, 4) is 0 Å². The smallest absolute Gasteiger partial charge is 0.110 e. The van der Waals surface area contributed by atoms with Gasteiger partial charge in [0.05, 0.1) is 12.6 Å². The van der Waals surface area contributed by atoms with Crippen LogP contribution in [0.2, 0.25) is 0 Å². The Hall–Kier alpha value is -0.450. The van der Waals surface area contributed by atoms with Gasteiger partial charge in [-0.15, -0.1) is 0 Å². The van der Waals surface area contributed by atoms with Gasteiger partial charge in [0.1, 0.15) is 4.60 Å². The predicted octanol–water partition coefficient (Wildman–Crippen LogP) is 1.49. The molecule has 1 aromatic rings. The minimum absolute atomic E-state index is 0.113. The fourth-order valence-electron chi connectivity index (χ4n) is 0.944. The van der Waals surface area contributed by atoms with Crippen LogP contribution < -0.4 is 5.73 Å². The van der Waals surface area contributed by atoms with E-state index in [0.29, 0.717) is 6.61 Å². The molecule has 1 heterocycles. The summed E-state index contributed by atoms with van der Waals surface area (Å²) in [6, 6.07) is 3.68. The molecule has 3 nitrogen and oxygen atoms in total. The van der Waals surface area contributed by atoms with Crippen molar-refractivity contribution >= 4 is 15.9 Å². The summed E-state index contributed by atoms with van der Waals surface area (Å²) >= 11 is 3.32. The molecule has 1 unspecified atom stereocenters. The normalized spacial score (nSPS) is 12.9. The molecule has 4 heteroatoms. The van der Waals surface area contributed by atoms with Crippen LogP contribution in [0.1, 0.15) is 11.6 Å². The van der Waals surface area contributed by atoms with E-state index in [1.54, 1.807) is 13.3 Å². The molecule has 1 aromatic heterocycles. The Morgan fingerprint density at radius 3 is 3.08 bits per heavy atom. The van der Waals surface area contributed by atoms with E-state index in [1.165, 1.54) is 0 Å². The molecule has 2 N–H and O–H groups in total. The lowest BCUT2D eigenvalue weighted by Crippen LogP contribution is -2.16. The van der Waals surface area contributed by atoms with E-state index in [1.807, 2.05) is 12.1 Å². The Morgan fingerprint density at radius 1 is 1.75 bits per heavy atom. The summed E-state index contributed by atoms with van der Waals surface area (Å²) in [6.07, 6.45) is 1.72. The molecule has 0 aliphatic rings. The molecule has 0 aliphatic heterocycles. The first kappa shape index (κ1) is 9.64. The molecule has 1 atom stereocenters. The van der Waals surface area contributed by atoms with Crippen molar-refractivity contribution in [1.82, 2.24) is 4.98 Å². The van der Waals surface area contributed by atoms with Crippen LogP contribution in [0.15, 0.2) is 22.9 Å². The number of pyridine rings is 1. The number of hydrogen-bond acceptors (Lipinski definition) is 3. The Morgan fingerprint density at radius 2 is 2.50 bits per heavy atom. The van der Waals surface area contributed by atoms with Gasteiger partial charge in [-0.1, -0.05) is 6.07 Å². The molecular weight excluding hydrogens is 220 g/mol. The second-order valence-corrected chi connectivity index (χ2v) is 3.20. The number of hydrogen-bond donors (Lipinski definition) is 1. The van der Waals surface area contributed by atoms with E-state index in [4.69, 9.17) is 10.5 Å². The molecule has 0 saturated heterocycles. The van der Waals surface area contributed by atoms with Gasteiger partial charge < -0.3 is 10.5 Å².